The Morgan fingerprint density at radius 2 is 1.85 bits per heavy atom. The second-order valence-electron chi connectivity index (χ2n) is 6.35. The molecule has 0 saturated carbocycles. The van der Waals surface area contributed by atoms with Gasteiger partial charge in [-0.2, -0.15) is 0 Å². The molecule has 0 aromatic heterocycles. The molecule has 7 heteroatoms. The maximum atomic E-state index is 14.0. The summed E-state index contributed by atoms with van der Waals surface area (Å²) in [5.41, 5.74) is 1.09. The Morgan fingerprint density at radius 3 is 2.62 bits per heavy atom. The summed E-state index contributed by atoms with van der Waals surface area (Å²) in [4.78, 5) is 16.5. The quantitative estimate of drug-likeness (QED) is 0.825. The Kier molecular flexibility index (Phi) is 4.70. The molecule has 136 valence electrons. The van der Waals surface area contributed by atoms with E-state index in [1.165, 1.54) is 18.2 Å². The Bertz CT molecular complexity index is 817. The van der Waals surface area contributed by atoms with Gasteiger partial charge in [0.15, 0.2) is 11.5 Å². The fraction of sp³-hybridized carbons (Fsp3) is 0.316. The third-order valence-electron chi connectivity index (χ3n) is 4.68. The van der Waals surface area contributed by atoms with E-state index in [9.17, 15) is 9.18 Å². The van der Waals surface area contributed by atoms with Gasteiger partial charge in [-0.05, 0) is 29.8 Å². The van der Waals surface area contributed by atoms with E-state index >= 15 is 0 Å². The van der Waals surface area contributed by atoms with Crippen LogP contribution in [-0.4, -0.2) is 48.7 Å². The molecule has 2 aliphatic rings. The Labute approximate surface area is 155 Å². The van der Waals surface area contributed by atoms with E-state index in [1.54, 1.807) is 4.90 Å². The van der Waals surface area contributed by atoms with Gasteiger partial charge in [-0.1, -0.05) is 23.7 Å². The second-order valence-corrected chi connectivity index (χ2v) is 6.76. The van der Waals surface area contributed by atoms with Crippen LogP contribution in [0.3, 0.4) is 0 Å². The summed E-state index contributed by atoms with van der Waals surface area (Å²) in [7, 11) is 0. The molecule has 1 saturated heterocycles. The predicted molar refractivity (Wildman–Crippen MR) is 95.2 cm³/mol. The number of carbonyl (C=O) groups is 1. The zero-order chi connectivity index (χ0) is 18.1. The minimum absolute atomic E-state index is 0.0432. The van der Waals surface area contributed by atoms with Crippen molar-refractivity contribution in [1.29, 1.82) is 0 Å². The van der Waals surface area contributed by atoms with Gasteiger partial charge in [0.25, 0.3) is 5.91 Å². The van der Waals surface area contributed by atoms with Crippen molar-refractivity contribution in [3.05, 3.63) is 58.4 Å². The van der Waals surface area contributed by atoms with Crippen molar-refractivity contribution in [1.82, 2.24) is 9.80 Å². The Hall–Kier alpha value is -2.31. The lowest BCUT2D eigenvalue weighted by molar-refractivity contribution is 0.0624. The molecule has 0 bridgehead atoms. The van der Waals surface area contributed by atoms with E-state index in [4.69, 9.17) is 21.1 Å². The zero-order valence-electron chi connectivity index (χ0n) is 14.1. The summed E-state index contributed by atoms with van der Waals surface area (Å²) in [6.07, 6.45) is 0. The smallest absolute Gasteiger partial charge is 0.258 e. The van der Waals surface area contributed by atoms with Crippen molar-refractivity contribution in [3.8, 4) is 11.5 Å². The molecule has 0 N–H and O–H groups in total. The molecule has 0 unspecified atom stereocenters. The van der Waals surface area contributed by atoms with Gasteiger partial charge in [-0.3, -0.25) is 9.69 Å². The summed E-state index contributed by atoms with van der Waals surface area (Å²) >= 11 is 6.01. The first-order valence-electron chi connectivity index (χ1n) is 8.46. The van der Waals surface area contributed by atoms with Crippen molar-refractivity contribution >= 4 is 17.5 Å². The number of ether oxygens (including phenoxy) is 2. The summed E-state index contributed by atoms with van der Waals surface area (Å²) in [6, 6.07) is 10.2. The van der Waals surface area contributed by atoms with Gasteiger partial charge >= 0.3 is 0 Å². The molecular weight excluding hydrogens is 359 g/mol. The van der Waals surface area contributed by atoms with Gasteiger partial charge in [0.05, 0.1) is 10.6 Å². The first-order chi connectivity index (χ1) is 12.6. The molecular formula is C19H18ClFN2O3. The summed E-state index contributed by atoms with van der Waals surface area (Å²) in [5.74, 6) is 0.609. The molecule has 0 spiro atoms. The average molecular weight is 377 g/mol. The zero-order valence-corrected chi connectivity index (χ0v) is 14.8. The molecule has 2 aliphatic heterocycles. The molecule has 4 rings (SSSR count). The lowest BCUT2D eigenvalue weighted by Crippen LogP contribution is -2.48. The predicted octanol–water partition coefficient (Wildman–Crippen LogP) is 3.17. The van der Waals surface area contributed by atoms with E-state index in [2.05, 4.69) is 4.90 Å². The molecule has 2 heterocycles. The van der Waals surface area contributed by atoms with Gasteiger partial charge in [0.1, 0.15) is 5.82 Å². The van der Waals surface area contributed by atoms with Gasteiger partial charge in [0.2, 0.25) is 6.79 Å². The minimum Gasteiger partial charge on any atom is -0.454 e. The number of fused-ring (bicyclic) bond motifs is 1. The average Bonchev–Trinajstić information content (AvgIpc) is 3.10. The molecule has 0 radical (unpaired) electrons. The summed E-state index contributed by atoms with van der Waals surface area (Å²) in [6.45, 7) is 3.53. The van der Waals surface area contributed by atoms with E-state index in [1.807, 2.05) is 18.2 Å². The lowest BCUT2D eigenvalue weighted by atomic mass is 10.1. The Balaban J connectivity index is 1.37. The van der Waals surface area contributed by atoms with Crippen LogP contribution < -0.4 is 9.47 Å². The van der Waals surface area contributed by atoms with Crippen LogP contribution >= 0.6 is 11.6 Å². The van der Waals surface area contributed by atoms with E-state index in [0.29, 0.717) is 26.2 Å². The highest BCUT2D eigenvalue weighted by atomic mass is 35.5. The minimum atomic E-state index is -0.578. The fourth-order valence-electron chi connectivity index (χ4n) is 3.27. The summed E-state index contributed by atoms with van der Waals surface area (Å²) in [5, 5.41) is 0.151. The molecule has 1 amide bonds. The van der Waals surface area contributed by atoms with Crippen LogP contribution in [0.1, 0.15) is 15.9 Å². The van der Waals surface area contributed by atoms with Crippen LogP contribution in [0.2, 0.25) is 5.02 Å². The van der Waals surface area contributed by atoms with Crippen molar-refractivity contribution < 1.29 is 18.7 Å². The van der Waals surface area contributed by atoms with Crippen LogP contribution in [-0.2, 0) is 6.54 Å². The van der Waals surface area contributed by atoms with Gasteiger partial charge in [-0.15, -0.1) is 0 Å². The highest BCUT2D eigenvalue weighted by molar-refractivity contribution is 6.33. The highest BCUT2D eigenvalue weighted by Gasteiger charge is 2.26. The number of hydrogen-bond acceptors (Lipinski definition) is 4. The van der Waals surface area contributed by atoms with Crippen LogP contribution in [0.15, 0.2) is 36.4 Å². The number of amides is 1. The van der Waals surface area contributed by atoms with Gasteiger partial charge < -0.3 is 14.4 Å². The highest BCUT2D eigenvalue weighted by Crippen LogP contribution is 2.33. The molecule has 5 nitrogen and oxygen atoms in total. The standard InChI is InChI=1S/C19H18ClFN2O3/c20-14-2-1-3-15(21)18(14)19(24)23-8-6-22(7-9-23)11-13-4-5-16-17(10-13)26-12-25-16/h1-5,10H,6-9,11-12H2. The molecule has 26 heavy (non-hydrogen) atoms. The van der Waals surface area contributed by atoms with Crippen molar-refractivity contribution in [2.45, 2.75) is 6.54 Å². The van der Waals surface area contributed by atoms with Gasteiger partial charge in [0, 0.05) is 32.7 Å². The van der Waals surface area contributed by atoms with Crippen LogP contribution in [0.5, 0.6) is 11.5 Å². The van der Waals surface area contributed by atoms with Crippen LogP contribution in [0.25, 0.3) is 0 Å². The summed E-state index contributed by atoms with van der Waals surface area (Å²) < 4.78 is 24.7. The number of halogens is 2. The van der Waals surface area contributed by atoms with E-state index in [0.717, 1.165) is 23.6 Å². The normalized spacial score (nSPS) is 16.8. The van der Waals surface area contributed by atoms with Crippen molar-refractivity contribution in [3.63, 3.8) is 0 Å². The lowest BCUT2D eigenvalue weighted by Gasteiger charge is -2.35. The maximum absolute atomic E-state index is 14.0. The SMILES string of the molecule is O=C(c1c(F)cccc1Cl)N1CCN(Cc2ccc3c(c2)OCO3)CC1. The third kappa shape index (κ3) is 3.34. The fourth-order valence-corrected chi connectivity index (χ4v) is 3.51. The van der Waals surface area contributed by atoms with Crippen LogP contribution in [0, 0.1) is 5.82 Å². The number of carbonyl (C=O) groups excluding carboxylic acids is 1. The topological polar surface area (TPSA) is 42.0 Å². The number of piperazine rings is 1. The largest absolute Gasteiger partial charge is 0.454 e. The first kappa shape index (κ1) is 17.1. The van der Waals surface area contributed by atoms with Crippen molar-refractivity contribution in [2.24, 2.45) is 0 Å². The Morgan fingerprint density at radius 1 is 1.08 bits per heavy atom. The number of rotatable bonds is 3. The molecule has 2 aromatic rings. The third-order valence-corrected chi connectivity index (χ3v) is 4.99. The van der Waals surface area contributed by atoms with Crippen LogP contribution in [0.4, 0.5) is 4.39 Å². The van der Waals surface area contributed by atoms with Crippen molar-refractivity contribution in [2.75, 3.05) is 33.0 Å². The molecule has 0 atom stereocenters. The number of nitrogens with zero attached hydrogens (tertiary/aromatic N) is 2. The second kappa shape index (κ2) is 7.13. The molecule has 1 fully saturated rings. The van der Waals surface area contributed by atoms with E-state index < -0.39 is 5.82 Å². The number of hydrogen-bond donors (Lipinski definition) is 0. The van der Waals surface area contributed by atoms with E-state index in [-0.39, 0.29) is 23.3 Å². The molecule has 0 aliphatic carbocycles. The molecule has 2 aromatic carbocycles. The van der Waals surface area contributed by atoms with Gasteiger partial charge in [-0.25, -0.2) is 4.39 Å². The first-order valence-corrected chi connectivity index (χ1v) is 8.84. The monoisotopic (exact) mass is 376 g/mol. The maximum Gasteiger partial charge on any atom is 0.258 e. The number of benzene rings is 2.